The zero-order valence-electron chi connectivity index (χ0n) is 13.3. The molecular weight excluding hydrogens is 286 g/mol. The van der Waals surface area contributed by atoms with Crippen LogP contribution in [0.4, 0.5) is 0 Å². The third kappa shape index (κ3) is 5.87. The molecule has 1 heterocycles. The Morgan fingerprint density at radius 1 is 1.33 bits per heavy atom. The van der Waals surface area contributed by atoms with E-state index in [0.717, 1.165) is 12.8 Å². The van der Waals surface area contributed by atoms with Crippen molar-refractivity contribution in [3.8, 4) is 0 Å². The van der Waals surface area contributed by atoms with Gasteiger partial charge in [-0.3, -0.25) is 9.59 Å². The number of nitrogens with one attached hydrogen (secondary N) is 1. The van der Waals surface area contributed by atoms with E-state index in [0.29, 0.717) is 19.4 Å². The van der Waals surface area contributed by atoms with Gasteiger partial charge in [0, 0.05) is 22.7 Å². The number of carboxylic acid groups (broad SMARTS) is 1. The van der Waals surface area contributed by atoms with Crippen LogP contribution in [0.3, 0.4) is 0 Å². The monoisotopic (exact) mass is 311 g/mol. The highest BCUT2D eigenvalue weighted by molar-refractivity contribution is 7.12. The van der Waals surface area contributed by atoms with Gasteiger partial charge >= 0.3 is 5.97 Å². The second kappa shape index (κ2) is 7.59. The van der Waals surface area contributed by atoms with Crippen LogP contribution >= 0.6 is 11.3 Å². The third-order valence-electron chi connectivity index (χ3n) is 3.64. The standard InChI is InChI=1S/C16H25NO3S/c1-11-10-13(12(2)21-11)6-5-7-14(18)17-9-8-16(3,4)15(19)20/h10H,5-9H2,1-4H3,(H,17,18)(H,19,20). The van der Waals surface area contributed by atoms with Crippen molar-refractivity contribution in [3.63, 3.8) is 0 Å². The van der Waals surface area contributed by atoms with Crippen LogP contribution in [0.25, 0.3) is 0 Å². The maximum Gasteiger partial charge on any atom is 0.309 e. The van der Waals surface area contributed by atoms with Gasteiger partial charge in [-0.05, 0) is 58.6 Å². The summed E-state index contributed by atoms with van der Waals surface area (Å²) in [5, 5.41) is 11.8. The van der Waals surface area contributed by atoms with Crippen molar-refractivity contribution in [2.75, 3.05) is 6.54 Å². The molecule has 1 aromatic rings. The molecule has 5 heteroatoms. The predicted molar refractivity (Wildman–Crippen MR) is 85.8 cm³/mol. The summed E-state index contributed by atoms with van der Waals surface area (Å²) in [6, 6.07) is 2.19. The number of carbonyl (C=O) groups excluding carboxylic acids is 1. The van der Waals surface area contributed by atoms with Crippen molar-refractivity contribution in [2.45, 2.75) is 53.4 Å². The molecule has 0 aliphatic heterocycles. The molecule has 2 N–H and O–H groups in total. The molecule has 1 amide bonds. The number of carboxylic acids is 1. The van der Waals surface area contributed by atoms with Crippen molar-refractivity contribution in [1.29, 1.82) is 0 Å². The van der Waals surface area contributed by atoms with Gasteiger partial charge < -0.3 is 10.4 Å². The summed E-state index contributed by atoms with van der Waals surface area (Å²) < 4.78 is 0. The van der Waals surface area contributed by atoms with E-state index in [1.54, 1.807) is 25.2 Å². The quantitative estimate of drug-likeness (QED) is 0.774. The first kappa shape index (κ1) is 17.7. The number of hydrogen-bond donors (Lipinski definition) is 2. The highest BCUT2D eigenvalue weighted by atomic mass is 32.1. The maximum absolute atomic E-state index is 11.7. The van der Waals surface area contributed by atoms with E-state index in [1.165, 1.54) is 15.3 Å². The van der Waals surface area contributed by atoms with Crippen LogP contribution < -0.4 is 5.32 Å². The Morgan fingerprint density at radius 3 is 2.52 bits per heavy atom. The van der Waals surface area contributed by atoms with Crippen LogP contribution in [0.1, 0.15) is 48.4 Å². The number of aliphatic carboxylic acids is 1. The minimum Gasteiger partial charge on any atom is -0.481 e. The summed E-state index contributed by atoms with van der Waals surface area (Å²) in [6.07, 6.45) is 2.67. The Morgan fingerprint density at radius 2 is 2.00 bits per heavy atom. The molecule has 118 valence electrons. The molecule has 0 spiro atoms. The summed E-state index contributed by atoms with van der Waals surface area (Å²) in [7, 11) is 0. The van der Waals surface area contributed by atoms with Gasteiger partial charge in [0.05, 0.1) is 5.41 Å². The Kier molecular flexibility index (Phi) is 6.40. The highest BCUT2D eigenvalue weighted by Crippen LogP contribution is 2.22. The smallest absolute Gasteiger partial charge is 0.309 e. The van der Waals surface area contributed by atoms with Crippen LogP contribution in [-0.2, 0) is 16.0 Å². The summed E-state index contributed by atoms with van der Waals surface area (Å²) in [5.74, 6) is -0.833. The summed E-state index contributed by atoms with van der Waals surface area (Å²) in [5.41, 5.74) is 0.538. The molecular formula is C16H25NO3S. The van der Waals surface area contributed by atoms with Gasteiger partial charge in [-0.2, -0.15) is 0 Å². The normalized spacial score (nSPS) is 11.4. The van der Waals surface area contributed by atoms with Crippen molar-refractivity contribution < 1.29 is 14.7 Å². The van der Waals surface area contributed by atoms with E-state index >= 15 is 0 Å². The van der Waals surface area contributed by atoms with Gasteiger partial charge in [-0.1, -0.05) is 0 Å². The molecule has 0 saturated heterocycles. The molecule has 0 atom stereocenters. The lowest BCUT2D eigenvalue weighted by Gasteiger charge is -2.18. The van der Waals surface area contributed by atoms with Crippen LogP contribution in [0.15, 0.2) is 6.07 Å². The van der Waals surface area contributed by atoms with Crippen LogP contribution in [-0.4, -0.2) is 23.5 Å². The Hall–Kier alpha value is -1.36. The van der Waals surface area contributed by atoms with Crippen molar-refractivity contribution >= 4 is 23.2 Å². The topological polar surface area (TPSA) is 66.4 Å². The minimum atomic E-state index is -0.833. The fourth-order valence-corrected chi connectivity index (χ4v) is 3.06. The van der Waals surface area contributed by atoms with Gasteiger partial charge in [0.25, 0.3) is 0 Å². The predicted octanol–water partition coefficient (Wildman–Crippen LogP) is 3.30. The molecule has 0 aliphatic rings. The minimum absolute atomic E-state index is 0.000735. The molecule has 1 rings (SSSR count). The molecule has 0 unspecified atom stereocenters. The lowest BCUT2D eigenvalue weighted by molar-refractivity contribution is -0.147. The van der Waals surface area contributed by atoms with E-state index in [1.807, 2.05) is 0 Å². The molecule has 0 radical (unpaired) electrons. The number of hydrogen-bond acceptors (Lipinski definition) is 3. The molecule has 0 bridgehead atoms. The first-order chi connectivity index (χ1) is 9.72. The molecule has 0 aliphatic carbocycles. The Bertz CT molecular complexity index is 506. The van der Waals surface area contributed by atoms with Gasteiger partial charge in [0.15, 0.2) is 0 Å². The largest absolute Gasteiger partial charge is 0.481 e. The Balaban J connectivity index is 2.23. The number of rotatable bonds is 8. The summed E-state index contributed by atoms with van der Waals surface area (Å²) in [4.78, 5) is 25.3. The number of aryl methyl sites for hydroxylation is 3. The second-order valence-electron chi connectivity index (χ2n) is 6.08. The van der Waals surface area contributed by atoms with Gasteiger partial charge in [0.1, 0.15) is 0 Å². The van der Waals surface area contributed by atoms with Crippen molar-refractivity contribution in [3.05, 3.63) is 21.4 Å². The van der Waals surface area contributed by atoms with Crippen LogP contribution in [0, 0.1) is 19.3 Å². The Labute approximate surface area is 130 Å². The lowest BCUT2D eigenvalue weighted by Crippen LogP contribution is -2.31. The van der Waals surface area contributed by atoms with Crippen molar-refractivity contribution in [2.24, 2.45) is 5.41 Å². The van der Waals surface area contributed by atoms with E-state index in [-0.39, 0.29) is 5.91 Å². The number of amides is 1. The zero-order valence-corrected chi connectivity index (χ0v) is 14.1. The highest BCUT2D eigenvalue weighted by Gasteiger charge is 2.26. The molecule has 1 aromatic heterocycles. The molecule has 4 nitrogen and oxygen atoms in total. The van der Waals surface area contributed by atoms with Gasteiger partial charge in [-0.25, -0.2) is 0 Å². The lowest BCUT2D eigenvalue weighted by atomic mass is 9.90. The first-order valence-electron chi connectivity index (χ1n) is 7.28. The van der Waals surface area contributed by atoms with Gasteiger partial charge in [-0.15, -0.1) is 11.3 Å². The van der Waals surface area contributed by atoms with E-state index in [4.69, 9.17) is 5.11 Å². The maximum atomic E-state index is 11.7. The molecule has 0 aromatic carbocycles. The fourth-order valence-electron chi connectivity index (χ4n) is 2.08. The average Bonchev–Trinajstić information content (AvgIpc) is 2.67. The second-order valence-corrected chi connectivity index (χ2v) is 7.54. The van der Waals surface area contributed by atoms with E-state index in [9.17, 15) is 9.59 Å². The van der Waals surface area contributed by atoms with E-state index < -0.39 is 11.4 Å². The van der Waals surface area contributed by atoms with Crippen LogP contribution in [0.5, 0.6) is 0 Å². The molecule has 0 fully saturated rings. The first-order valence-corrected chi connectivity index (χ1v) is 8.10. The average molecular weight is 311 g/mol. The molecule has 0 saturated carbocycles. The third-order valence-corrected chi connectivity index (χ3v) is 4.65. The summed E-state index contributed by atoms with van der Waals surface area (Å²) in [6.45, 7) is 7.96. The number of thiophene rings is 1. The number of carbonyl (C=O) groups is 2. The van der Waals surface area contributed by atoms with E-state index in [2.05, 4.69) is 25.2 Å². The zero-order chi connectivity index (χ0) is 16.0. The molecule has 21 heavy (non-hydrogen) atoms. The SMILES string of the molecule is Cc1cc(CCCC(=O)NCCC(C)(C)C(=O)O)c(C)s1. The van der Waals surface area contributed by atoms with Crippen LogP contribution in [0.2, 0.25) is 0 Å². The summed E-state index contributed by atoms with van der Waals surface area (Å²) >= 11 is 1.79. The fraction of sp³-hybridized carbons (Fsp3) is 0.625. The van der Waals surface area contributed by atoms with Gasteiger partial charge in [0.2, 0.25) is 5.91 Å². The van der Waals surface area contributed by atoms with Crippen molar-refractivity contribution in [1.82, 2.24) is 5.32 Å².